The van der Waals surface area contributed by atoms with E-state index in [1.807, 2.05) is 23.8 Å². The molecule has 9 heteroatoms. The standard InChI is InChI=1S/C24H24FN5O2S/c1-3-32-17-10-18(21(25)20(11-17)31-2)22(29-16-6-4-14(5-7-16)23(26)27)24-28-12-19(30-24)15-8-9-33-13-15/h4-13,22,29H,3H2,1-2H3,(H3,26,27)(H,28,30). The molecule has 0 radical (unpaired) electrons. The van der Waals surface area contributed by atoms with Gasteiger partial charge in [0.15, 0.2) is 11.6 Å². The largest absolute Gasteiger partial charge is 0.494 e. The van der Waals surface area contributed by atoms with Gasteiger partial charge in [-0.2, -0.15) is 11.3 Å². The summed E-state index contributed by atoms with van der Waals surface area (Å²) in [5.41, 5.74) is 9.02. The van der Waals surface area contributed by atoms with Gasteiger partial charge in [0.2, 0.25) is 0 Å². The minimum atomic E-state index is -0.671. The number of imidazole rings is 1. The molecule has 0 aliphatic rings. The fourth-order valence-electron chi connectivity index (χ4n) is 3.46. The van der Waals surface area contributed by atoms with Crippen LogP contribution in [-0.4, -0.2) is 29.5 Å². The van der Waals surface area contributed by atoms with E-state index in [9.17, 15) is 0 Å². The third-order valence-electron chi connectivity index (χ3n) is 5.09. The Kier molecular flexibility index (Phi) is 6.60. The molecule has 0 aliphatic carbocycles. The van der Waals surface area contributed by atoms with E-state index in [1.165, 1.54) is 13.2 Å². The molecule has 0 fully saturated rings. The maximum atomic E-state index is 15.5. The number of aromatic amines is 1. The Hall–Kier alpha value is -3.85. The van der Waals surface area contributed by atoms with Crippen LogP contribution in [0.2, 0.25) is 0 Å². The van der Waals surface area contributed by atoms with Crippen LogP contribution in [0.1, 0.15) is 29.9 Å². The summed E-state index contributed by atoms with van der Waals surface area (Å²) in [4.78, 5) is 7.86. The molecule has 2 aromatic carbocycles. The van der Waals surface area contributed by atoms with E-state index >= 15 is 4.39 Å². The van der Waals surface area contributed by atoms with Crippen molar-refractivity contribution < 1.29 is 13.9 Å². The maximum absolute atomic E-state index is 15.5. The summed E-state index contributed by atoms with van der Waals surface area (Å²) >= 11 is 1.59. The molecule has 7 nitrogen and oxygen atoms in total. The Labute approximate surface area is 194 Å². The number of H-pyrrole nitrogens is 1. The number of aromatic nitrogens is 2. The van der Waals surface area contributed by atoms with Gasteiger partial charge in [0, 0.05) is 33.8 Å². The molecule has 0 saturated carbocycles. The zero-order valence-corrected chi connectivity index (χ0v) is 19.0. The van der Waals surface area contributed by atoms with E-state index < -0.39 is 11.9 Å². The second-order valence-corrected chi connectivity index (χ2v) is 8.00. The van der Waals surface area contributed by atoms with Crippen molar-refractivity contribution in [3.63, 3.8) is 0 Å². The Morgan fingerprint density at radius 1 is 1.27 bits per heavy atom. The first kappa shape index (κ1) is 22.3. The molecule has 1 atom stereocenters. The topological polar surface area (TPSA) is 109 Å². The highest BCUT2D eigenvalue weighted by atomic mass is 32.1. The van der Waals surface area contributed by atoms with Crippen LogP contribution < -0.4 is 20.5 Å². The molecule has 0 bridgehead atoms. The van der Waals surface area contributed by atoms with Gasteiger partial charge < -0.3 is 25.5 Å². The van der Waals surface area contributed by atoms with Crippen LogP contribution in [0.3, 0.4) is 0 Å². The second-order valence-electron chi connectivity index (χ2n) is 7.22. The number of methoxy groups -OCH3 is 1. The van der Waals surface area contributed by atoms with Gasteiger partial charge in [0.25, 0.3) is 0 Å². The molecule has 0 amide bonds. The first-order chi connectivity index (χ1) is 16.0. The minimum Gasteiger partial charge on any atom is -0.494 e. The average molecular weight is 466 g/mol. The van der Waals surface area contributed by atoms with Crippen molar-refractivity contribution >= 4 is 22.9 Å². The lowest BCUT2D eigenvalue weighted by atomic mass is 10.0. The van der Waals surface area contributed by atoms with Crippen LogP contribution in [-0.2, 0) is 0 Å². The molecular formula is C24H24FN5O2S. The zero-order chi connectivity index (χ0) is 23.4. The summed E-state index contributed by atoms with van der Waals surface area (Å²) in [6.45, 7) is 2.30. The summed E-state index contributed by atoms with van der Waals surface area (Å²) in [5.74, 6) is 0.576. The zero-order valence-electron chi connectivity index (χ0n) is 18.2. The monoisotopic (exact) mass is 465 g/mol. The average Bonchev–Trinajstić information content (AvgIpc) is 3.51. The van der Waals surface area contributed by atoms with Gasteiger partial charge in [-0.15, -0.1) is 0 Å². The van der Waals surface area contributed by atoms with E-state index in [0.717, 1.165) is 11.3 Å². The van der Waals surface area contributed by atoms with E-state index in [-0.39, 0.29) is 11.6 Å². The maximum Gasteiger partial charge on any atom is 0.171 e. The molecule has 0 spiro atoms. The van der Waals surface area contributed by atoms with Crippen LogP contribution >= 0.6 is 11.3 Å². The van der Waals surface area contributed by atoms with Crippen molar-refractivity contribution in [2.45, 2.75) is 13.0 Å². The number of thiophene rings is 1. The molecule has 33 heavy (non-hydrogen) atoms. The number of rotatable bonds is 9. The highest BCUT2D eigenvalue weighted by molar-refractivity contribution is 7.08. The number of ether oxygens (including phenoxy) is 2. The molecule has 2 heterocycles. The van der Waals surface area contributed by atoms with E-state index in [2.05, 4.69) is 15.3 Å². The lowest BCUT2D eigenvalue weighted by molar-refractivity contribution is 0.331. The SMILES string of the molecule is CCOc1cc(OC)c(F)c(C(Nc2ccc(C(=N)N)cc2)c2ncc(-c3ccsc3)[nH]2)c1. The summed E-state index contributed by atoms with van der Waals surface area (Å²) in [7, 11) is 1.42. The molecule has 0 saturated heterocycles. The van der Waals surface area contributed by atoms with Gasteiger partial charge in [-0.3, -0.25) is 5.41 Å². The van der Waals surface area contributed by atoms with Gasteiger partial charge in [-0.25, -0.2) is 9.37 Å². The van der Waals surface area contributed by atoms with Crippen molar-refractivity contribution in [2.24, 2.45) is 5.73 Å². The van der Waals surface area contributed by atoms with Crippen LogP contribution in [0.15, 0.2) is 59.4 Å². The van der Waals surface area contributed by atoms with E-state index in [0.29, 0.717) is 35.0 Å². The lowest BCUT2D eigenvalue weighted by Gasteiger charge is -2.21. The third-order valence-corrected chi connectivity index (χ3v) is 5.77. The molecule has 0 aliphatic heterocycles. The normalized spacial score (nSPS) is 11.7. The van der Waals surface area contributed by atoms with Gasteiger partial charge in [0.05, 0.1) is 25.6 Å². The van der Waals surface area contributed by atoms with Gasteiger partial charge in [0.1, 0.15) is 23.5 Å². The summed E-state index contributed by atoms with van der Waals surface area (Å²) in [6, 6.07) is 11.5. The first-order valence-corrected chi connectivity index (χ1v) is 11.2. The quantitative estimate of drug-likeness (QED) is 0.201. The molecule has 4 aromatic rings. The fourth-order valence-corrected chi connectivity index (χ4v) is 4.11. The van der Waals surface area contributed by atoms with Crippen molar-refractivity contribution in [1.82, 2.24) is 9.97 Å². The highest BCUT2D eigenvalue weighted by Crippen LogP contribution is 2.35. The number of anilines is 1. The van der Waals surface area contributed by atoms with Crippen molar-refractivity contribution in [3.05, 3.63) is 82.2 Å². The number of nitrogens with two attached hydrogens (primary N) is 1. The van der Waals surface area contributed by atoms with Crippen LogP contribution in [0.4, 0.5) is 10.1 Å². The molecule has 4 rings (SSSR count). The Morgan fingerprint density at radius 2 is 2.06 bits per heavy atom. The molecule has 1 unspecified atom stereocenters. The number of halogens is 1. The number of hydrogen-bond donors (Lipinski definition) is 4. The van der Waals surface area contributed by atoms with Crippen LogP contribution in [0.5, 0.6) is 11.5 Å². The van der Waals surface area contributed by atoms with Crippen molar-refractivity contribution in [3.8, 4) is 22.8 Å². The van der Waals surface area contributed by atoms with Crippen molar-refractivity contribution in [2.75, 3.05) is 19.0 Å². The number of benzene rings is 2. The lowest BCUT2D eigenvalue weighted by Crippen LogP contribution is -2.17. The summed E-state index contributed by atoms with van der Waals surface area (Å²) < 4.78 is 26.4. The van der Waals surface area contributed by atoms with Gasteiger partial charge in [-0.1, -0.05) is 0 Å². The smallest absolute Gasteiger partial charge is 0.171 e. The highest BCUT2D eigenvalue weighted by Gasteiger charge is 2.25. The number of nitrogens with one attached hydrogen (secondary N) is 3. The summed E-state index contributed by atoms with van der Waals surface area (Å²) in [5, 5.41) is 14.9. The van der Waals surface area contributed by atoms with E-state index in [1.54, 1.807) is 47.9 Å². The third kappa shape index (κ3) is 4.83. The van der Waals surface area contributed by atoms with Crippen LogP contribution in [0.25, 0.3) is 11.3 Å². The Balaban J connectivity index is 1.79. The number of nitrogen functional groups attached to an aromatic ring is 1. The minimum absolute atomic E-state index is 0.0234. The number of nitrogens with zero attached hydrogens (tertiary/aromatic N) is 1. The second kappa shape index (κ2) is 9.74. The predicted octanol–water partition coefficient (Wildman–Crippen LogP) is 5.17. The van der Waals surface area contributed by atoms with Crippen LogP contribution in [0, 0.1) is 11.2 Å². The molecule has 170 valence electrons. The van der Waals surface area contributed by atoms with Gasteiger partial charge in [-0.05, 0) is 48.7 Å². The number of hydrogen-bond acceptors (Lipinski definition) is 6. The fraction of sp³-hybridized carbons (Fsp3) is 0.167. The Morgan fingerprint density at radius 3 is 2.70 bits per heavy atom. The Bertz CT molecular complexity index is 1240. The van der Waals surface area contributed by atoms with Crippen molar-refractivity contribution in [1.29, 1.82) is 5.41 Å². The molecule has 5 N–H and O–H groups in total. The van der Waals surface area contributed by atoms with E-state index in [4.69, 9.17) is 20.6 Å². The predicted molar refractivity (Wildman–Crippen MR) is 129 cm³/mol. The van der Waals surface area contributed by atoms with Gasteiger partial charge >= 0.3 is 0 Å². The summed E-state index contributed by atoms with van der Waals surface area (Å²) in [6.07, 6.45) is 1.73. The number of amidine groups is 1. The molecule has 2 aromatic heterocycles. The first-order valence-electron chi connectivity index (χ1n) is 10.3. The molecular weight excluding hydrogens is 441 g/mol.